The van der Waals surface area contributed by atoms with E-state index in [2.05, 4.69) is 0 Å². The Morgan fingerprint density at radius 2 is 2.10 bits per heavy atom. The van der Waals surface area contributed by atoms with Crippen molar-refractivity contribution in [2.24, 2.45) is 5.92 Å². The topological polar surface area (TPSA) is 70.1 Å². The standard InChI is InChI=1S/C15H26N2O4/c1-16(10-12-5-4-8-21-11-12)15(20)17-7-3-2-6-13(17)9-14(18)19/h12-13H,2-11H2,1H3,(H,18,19). The predicted molar refractivity (Wildman–Crippen MR) is 78.2 cm³/mol. The van der Waals surface area contributed by atoms with Crippen LogP contribution in [0.25, 0.3) is 0 Å². The maximum absolute atomic E-state index is 12.6. The molecule has 1 N–H and O–H groups in total. The molecule has 120 valence electrons. The molecule has 21 heavy (non-hydrogen) atoms. The zero-order chi connectivity index (χ0) is 15.2. The lowest BCUT2D eigenvalue weighted by Gasteiger charge is -2.38. The zero-order valence-electron chi connectivity index (χ0n) is 12.8. The van der Waals surface area contributed by atoms with Crippen molar-refractivity contribution in [2.75, 3.05) is 33.4 Å². The van der Waals surface area contributed by atoms with E-state index in [1.807, 2.05) is 7.05 Å². The Kier molecular flexibility index (Phi) is 5.85. The first-order valence-electron chi connectivity index (χ1n) is 7.89. The van der Waals surface area contributed by atoms with E-state index in [0.29, 0.717) is 19.0 Å². The van der Waals surface area contributed by atoms with Gasteiger partial charge in [-0.1, -0.05) is 0 Å². The van der Waals surface area contributed by atoms with Gasteiger partial charge in [0, 0.05) is 38.7 Å². The Balaban J connectivity index is 1.90. The number of aliphatic carboxylic acids is 1. The Hall–Kier alpha value is -1.30. The van der Waals surface area contributed by atoms with Crippen molar-refractivity contribution >= 4 is 12.0 Å². The number of piperidine rings is 1. The second kappa shape index (κ2) is 7.64. The molecule has 0 aliphatic carbocycles. The van der Waals surface area contributed by atoms with E-state index in [-0.39, 0.29) is 18.5 Å². The number of nitrogens with zero attached hydrogens (tertiary/aromatic N) is 2. The molecular weight excluding hydrogens is 272 g/mol. The number of rotatable bonds is 4. The molecule has 6 heteroatoms. The van der Waals surface area contributed by atoms with Crippen LogP contribution < -0.4 is 0 Å². The third kappa shape index (κ3) is 4.59. The number of carboxylic acids is 1. The Morgan fingerprint density at radius 3 is 2.76 bits per heavy atom. The summed E-state index contributed by atoms with van der Waals surface area (Å²) in [6.07, 6.45) is 4.95. The van der Waals surface area contributed by atoms with E-state index in [4.69, 9.17) is 9.84 Å². The summed E-state index contributed by atoms with van der Waals surface area (Å²) in [4.78, 5) is 27.0. The highest BCUT2D eigenvalue weighted by molar-refractivity contribution is 5.76. The first-order chi connectivity index (χ1) is 10.1. The smallest absolute Gasteiger partial charge is 0.320 e. The van der Waals surface area contributed by atoms with Crippen LogP contribution in [0.4, 0.5) is 4.79 Å². The van der Waals surface area contributed by atoms with Crippen LogP contribution in [-0.4, -0.2) is 66.3 Å². The van der Waals surface area contributed by atoms with Crippen LogP contribution in [0, 0.1) is 5.92 Å². The van der Waals surface area contributed by atoms with Crippen molar-refractivity contribution in [1.82, 2.24) is 9.80 Å². The predicted octanol–water partition coefficient (Wildman–Crippen LogP) is 1.79. The average molecular weight is 298 g/mol. The van der Waals surface area contributed by atoms with Crippen LogP contribution in [0.15, 0.2) is 0 Å². The number of carbonyl (C=O) groups is 2. The minimum absolute atomic E-state index is 0.0356. The van der Waals surface area contributed by atoms with E-state index >= 15 is 0 Å². The summed E-state index contributed by atoms with van der Waals surface area (Å²) in [5, 5.41) is 9.00. The Bertz CT molecular complexity index is 369. The second-order valence-electron chi connectivity index (χ2n) is 6.19. The monoisotopic (exact) mass is 298 g/mol. The van der Waals surface area contributed by atoms with Crippen molar-refractivity contribution < 1.29 is 19.4 Å². The van der Waals surface area contributed by atoms with Gasteiger partial charge in [0.2, 0.25) is 0 Å². The first kappa shape index (κ1) is 16.1. The van der Waals surface area contributed by atoms with Crippen molar-refractivity contribution in [1.29, 1.82) is 0 Å². The summed E-state index contributed by atoms with van der Waals surface area (Å²) in [7, 11) is 1.81. The number of hydrogen-bond donors (Lipinski definition) is 1. The Labute approximate surface area is 126 Å². The summed E-state index contributed by atoms with van der Waals surface area (Å²) < 4.78 is 5.45. The van der Waals surface area contributed by atoms with Gasteiger partial charge in [0.15, 0.2) is 0 Å². The molecule has 0 aromatic heterocycles. The van der Waals surface area contributed by atoms with Gasteiger partial charge >= 0.3 is 12.0 Å². The third-order valence-electron chi connectivity index (χ3n) is 4.40. The average Bonchev–Trinajstić information content (AvgIpc) is 2.47. The lowest BCUT2D eigenvalue weighted by atomic mass is 9.99. The minimum atomic E-state index is -0.831. The molecule has 0 aromatic rings. The highest BCUT2D eigenvalue weighted by atomic mass is 16.5. The molecule has 2 unspecified atom stereocenters. The fourth-order valence-electron chi connectivity index (χ4n) is 3.30. The molecule has 2 fully saturated rings. The number of amides is 2. The Morgan fingerprint density at radius 1 is 1.29 bits per heavy atom. The number of ether oxygens (including phenoxy) is 1. The van der Waals surface area contributed by atoms with E-state index in [0.717, 1.165) is 45.3 Å². The summed E-state index contributed by atoms with van der Waals surface area (Å²) in [6, 6.07) is -0.194. The van der Waals surface area contributed by atoms with E-state index in [1.165, 1.54) is 0 Å². The van der Waals surface area contributed by atoms with Gasteiger partial charge in [0.25, 0.3) is 0 Å². The van der Waals surface area contributed by atoms with Crippen LogP contribution >= 0.6 is 0 Å². The molecule has 0 aromatic carbocycles. The van der Waals surface area contributed by atoms with Gasteiger partial charge in [-0.2, -0.15) is 0 Å². The van der Waals surface area contributed by atoms with Gasteiger partial charge in [0.05, 0.1) is 13.0 Å². The van der Waals surface area contributed by atoms with Crippen LogP contribution in [0.5, 0.6) is 0 Å². The highest BCUT2D eigenvalue weighted by Crippen LogP contribution is 2.22. The van der Waals surface area contributed by atoms with Crippen LogP contribution in [0.2, 0.25) is 0 Å². The summed E-state index contributed by atoms with van der Waals surface area (Å²) in [6.45, 7) is 2.90. The lowest BCUT2D eigenvalue weighted by Crippen LogP contribution is -2.51. The molecule has 2 aliphatic heterocycles. The molecular formula is C15H26N2O4. The summed E-state index contributed by atoms with van der Waals surface area (Å²) >= 11 is 0. The number of hydrogen-bond acceptors (Lipinski definition) is 3. The van der Waals surface area contributed by atoms with E-state index in [1.54, 1.807) is 9.80 Å². The fraction of sp³-hybridized carbons (Fsp3) is 0.867. The van der Waals surface area contributed by atoms with Gasteiger partial charge in [0.1, 0.15) is 0 Å². The summed E-state index contributed by atoms with van der Waals surface area (Å²) in [5.41, 5.74) is 0. The third-order valence-corrected chi connectivity index (χ3v) is 4.40. The minimum Gasteiger partial charge on any atom is -0.481 e. The van der Waals surface area contributed by atoms with Gasteiger partial charge in [-0.3, -0.25) is 4.79 Å². The molecule has 6 nitrogen and oxygen atoms in total. The maximum atomic E-state index is 12.6. The molecule has 0 radical (unpaired) electrons. The molecule has 2 amide bonds. The number of urea groups is 1. The largest absolute Gasteiger partial charge is 0.481 e. The molecule has 0 bridgehead atoms. The number of likely N-dealkylation sites (tertiary alicyclic amines) is 1. The van der Waals surface area contributed by atoms with Crippen molar-refractivity contribution in [3.63, 3.8) is 0 Å². The molecule has 2 heterocycles. The van der Waals surface area contributed by atoms with Crippen LogP contribution in [-0.2, 0) is 9.53 Å². The molecule has 0 spiro atoms. The van der Waals surface area contributed by atoms with Crippen molar-refractivity contribution in [3.05, 3.63) is 0 Å². The van der Waals surface area contributed by atoms with E-state index in [9.17, 15) is 9.59 Å². The highest BCUT2D eigenvalue weighted by Gasteiger charge is 2.31. The quantitative estimate of drug-likeness (QED) is 0.859. The normalized spacial score (nSPS) is 26.4. The van der Waals surface area contributed by atoms with Crippen LogP contribution in [0.1, 0.15) is 38.5 Å². The molecule has 2 aliphatic rings. The van der Waals surface area contributed by atoms with Crippen molar-refractivity contribution in [3.8, 4) is 0 Å². The van der Waals surface area contributed by atoms with Crippen LogP contribution in [0.3, 0.4) is 0 Å². The molecule has 0 saturated carbocycles. The van der Waals surface area contributed by atoms with Gasteiger partial charge in [-0.05, 0) is 32.1 Å². The zero-order valence-corrected chi connectivity index (χ0v) is 12.8. The van der Waals surface area contributed by atoms with Gasteiger partial charge in [-0.25, -0.2) is 4.79 Å². The van der Waals surface area contributed by atoms with Gasteiger partial charge < -0.3 is 19.6 Å². The maximum Gasteiger partial charge on any atom is 0.320 e. The van der Waals surface area contributed by atoms with Gasteiger partial charge in [-0.15, -0.1) is 0 Å². The fourth-order valence-corrected chi connectivity index (χ4v) is 3.30. The van der Waals surface area contributed by atoms with E-state index < -0.39 is 5.97 Å². The molecule has 2 saturated heterocycles. The SMILES string of the molecule is CN(CC1CCCOC1)C(=O)N1CCCCC1CC(=O)O. The number of carboxylic acid groups (broad SMARTS) is 1. The first-order valence-corrected chi connectivity index (χ1v) is 7.89. The van der Waals surface area contributed by atoms with Crippen molar-refractivity contribution in [2.45, 2.75) is 44.6 Å². The second-order valence-corrected chi connectivity index (χ2v) is 6.19. The molecule has 2 rings (SSSR count). The lowest BCUT2D eigenvalue weighted by molar-refractivity contribution is -0.138. The molecule has 2 atom stereocenters. The number of carbonyl (C=O) groups excluding carboxylic acids is 1. The summed E-state index contributed by atoms with van der Waals surface area (Å²) in [5.74, 6) is -0.432.